The number of nitrogens with zero attached hydrogens (tertiary/aromatic N) is 4. The first-order valence-electron chi connectivity index (χ1n) is 7.94. The third kappa shape index (κ3) is 3.96. The van der Waals surface area contributed by atoms with E-state index in [-0.39, 0.29) is 12.6 Å². The van der Waals surface area contributed by atoms with Crippen LogP contribution in [0.15, 0.2) is 12.3 Å². The van der Waals surface area contributed by atoms with Gasteiger partial charge in [0.2, 0.25) is 5.95 Å². The molecule has 8 heteroatoms. The van der Waals surface area contributed by atoms with Crippen molar-refractivity contribution in [3.05, 3.63) is 18.0 Å². The molecule has 1 aromatic heterocycles. The fourth-order valence-electron chi connectivity index (χ4n) is 2.91. The van der Waals surface area contributed by atoms with Crippen LogP contribution in [-0.4, -0.2) is 89.9 Å². The SMILES string of the molecule is CN(Cc1ccnc(N2CCOCC2)n1)[C@@H]1COC[C@@H](O)[C@H]1O. The molecule has 1 aromatic rings. The molecule has 3 rings (SSSR count). The normalized spacial score (nSPS) is 29.0. The molecular weight excluding hydrogens is 300 g/mol. The number of rotatable bonds is 4. The van der Waals surface area contributed by atoms with Gasteiger partial charge in [-0.2, -0.15) is 0 Å². The number of hydrogen-bond acceptors (Lipinski definition) is 8. The number of likely N-dealkylation sites (N-methyl/N-ethyl adjacent to an activating group) is 1. The van der Waals surface area contributed by atoms with E-state index in [1.807, 2.05) is 18.0 Å². The molecule has 2 saturated heterocycles. The quantitative estimate of drug-likeness (QED) is 0.719. The van der Waals surface area contributed by atoms with Crippen LogP contribution in [0.5, 0.6) is 0 Å². The number of aliphatic hydroxyl groups excluding tert-OH is 2. The Balaban J connectivity index is 1.65. The van der Waals surface area contributed by atoms with Crippen molar-refractivity contribution >= 4 is 5.95 Å². The molecule has 0 amide bonds. The van der Waals surface area contributed by atoms with Crippen LogP contribution >= 0.6 is 0 Å². The zero-order chi connectivity index (χ0) is 16.2. The molecule has 8 nitrogen and oxygen atoms in total. The molecule has 0 saturated carbocycles. The standard InChI is InChI=1S/C15H24N4O4/c1-18(12-9-23-10-13(20)14(12)21)8-11-2-3-16-15(17-11)19-4-6-22-7-5-19/h2-3,12-14,20-21H,4-10H2,1H3/t12-,13-,14+/m1/s1. The average Bonchev–Trinajstić information content (AvgIpc) is 2.58. The zero-order valence-corrected chi connectivity index (χ0v) is 13.3. The Hall–Kier alpha value is -1.32. The van der Waals surface area contributed by atoms with E-state index in [4.69, 9.17) is 9.47 Å². The van der Waals surface area contributed by atoms with Gasteiger partial charge in [0.1, 0.15) is 6.10 Å². The maximum absolute atomic E-state index is 10.1. The summed E-state index contributed by atoms with van der Waals surface area (Å²) >= 11 is 0. The summed E-state index contributed by atoms with van der Waals surface area (Å²) in [5, 5.41) is 19.8. The number of ether oxygens (including phenoxy) is 2. The molecule has 3 heterocycles. The fraction of sp³-hybridized carbons (Fsp3) is 0.733. The minimum absolute atomic E-state index is 0.181. The Morgan fingerprint density at radius 3 is 2.83 bits per heavy atom. The Bertz CT molecular complexity index is 512. The van der Waals surface area contributed by atoms with Gasteiger partial charge in [0, 0.05) is 25.8 Å². The van der Waals surface area contributed by atoms with Gasteiger partial charge in [-0.1, -0.05) is 0 Å². The highest BCUT2D eigenvalue weighted by molar-refractivity contribution is 5.30. The molecule has 2 fully saturated rings. The van der Waals surface area contributed by atoms with Gasteiger partial charge in [-0.05, 0) is 13.1 Å². The van der Waals surface area contributed by atoms with Gasteiger partial charge in [-0.15, -0.1) is 0 Å². The Morgan fingerprint density at radius 2 is 2.04 bits per heavy atom. The van der Waals surface area contributed by atoms with Crippen molar-refractivity contribution in [2.75, 3.05) is 51.5 Å². The second-order valence-electron chi connectivity index (χ2n) is 6.03. The summed E-state index contributed by atoms with van der Waals surface area (Å²) in [6, 6.07) is 1.62. The maximum atomic E-state index is 10.1. The first kappa shape index (κ1) is 16.5. The predicted molar refractivity (Wildman–Crippen MR) is 83.2 cm³/mol. The summed E-state index contributed by atoms with van der Waals surface area (Å²) < 4.78 is 10.7. The van der Waals surface area contributed by atoms with E-state index in [9.17, 15) is 10.2 Å². The van der Waals surface area contributed by atoms with E-state index in [1.165, 1.54) is 0 Å². The van der Waals surface area contributed by atoms with Gasteiger partial charge >= 0.3 is 0 Å². The summed E-state index contributed by atoms with van der Waals surface area (Å²) in [4.78, 5) is 13.0. The number of anilines is 1. The van der Waals surface area contributed by atoms with E-state index >= 15 is 0 Å². The summed E-state index contributed by atoms with van der Waals surface area (Å²) in [7, 11) is 1.89. The van der Waals surface area contributed by atoms with Crippen molar-refractivity contribution in [2.24, 2.45) is 0 Å². The lowest BCUT2D eigenvalue weighted by Gasteiger charge is -2.37. The van der Waals surface area contributed by atoms with Crippen LogP contribution in [0.2, 0.25) is 0 Å². The molecule has 0 radical (unpaired) electrons. The first-order chi connectivity index (χ1) is 11.1. The van der Waals surface area contributed by atoms with Crippen LogP contribution in [0.25, 0.3) is 0 Å². The molecule has 2 aliphatic heterocycles. The average molecular weight is 324 g/mol. The van der Waals surface area contributed by atoms with Crippen molar-refractivity contribution in [3.8, 4) is 0 Å². The molecule has 0 bridgehead atoms. The third-order valence-corrected chi connectivity index (χ3v) is 4.34. The fourth-order valence-corrected chi connectivity index (χ4v) is 2.91. The van der Waals surface area contributed by atoms with Crippen LogP contribution < -0.4 is 4.90 Å². The molecule has 0 spiro atoms. The van der Waals surface area contributed by atoms with Crippen molar-refractivity contribution in [1.29, 1.82) is 0 Å². The van der Waals surface area contributed by atoms with Crippen LogP contribution in [0.3, 0.4) is 0 Å². The zero-order valence-electron chi connectivity index (χ0n) is 13.3. The second-order valence-corrected chi connectivity index (χ2v) is 6.03. The minimum atomic E-state index is -0.842. The van der Waals surface area contributed by atoms with Crippen LogP contribution in [0.1, 0.15) is 5.69 Å². The summed E-state index contributed by atoms with van der Waals surface area (Å²) in [5.41, 5.74) is 0.872. The van der Waals surface area contributed by atoms with Gasteiger partial charge in [-0.25, -0.2) is 9.97 Å². The Labute approximate surface area is 135 Å². The van der Waals surface area contributed by atoms with Gasteiger partial charge in [-0.3, -0.25) is 4.90 Å². The van der Waals surface area contributed by atoms with Crippen LogP contribution in [0.4, 0.5) is 5.95 Å². The molecule has 0 aromatic carbocycles. The molecule has 128 valence electrons. The number of aliphatic hydroxyl groups is 2. The smallest absolute Gasteiger partial charge is 0.225 e. The first-order valence-corrected chi connectivity index (χ1v) is 7.94. The molecule has 0 aliphatic carbocycles. The summed E-state index contributed by atoms with van der Waals surface area (Å²) in [6.45, 7) is 4.10. The van der Waals surface area contributed by atoms with Gasteiger partial charge < -0.3 is 24.6 Å². The van der Waals surface area contributed by atoms with E-state index in [0.29, 0.717) is 32.3 Å². The van der Waals surface area contributed by atoms with Gasteiger partial charge in [0.15, 0.2) is 0 Å². The monoisotopic (exact) mass is 324 g/mol. The highest BCUT2D eigenvalue weighted by Crippen LogP contribution is 2.17. The number of hydrogen-bond donors (Lipinski definition) is 2. The number of aromatic nitrogens is 2. The highest BCUT2D eigenvalue weighted by atomic mass is 16.5. The Kier molecular flexibility index (Phi) is 5.39. The molecule has 2 aliphatic rings. The summed E-state index contributed by atoms with van der Waals surface area (Å²) in [6.07, 6.45) is 0.101. The molecule has 0 unspecified atom stereocenters. The van der Waals surface area contributed by atoms with Crippen LogP contribution in [-0.2, 0) is 16.0 Å². The molecule has 23 heavy (non-hydrogen) atoms. The lowest BCUT2D eigenvalue weighted by Crippen LogP contribution is -2.54. The van der Waals surface area contributed by atoms with Crippen LogP contribution in [0, 0.1) is 0 Å². The lowest BCUT2D eigenvalue weighted by molar-refractivity contribution is -0.130. The van der Waals surface area contributed by atoms with E-state index in [0.717, 1.165) is 18.8 Å². The van der Waals surface area contributed by atoms with Crippen molar-refractivity contribution in [1.82, 2.24) is 14.9 Å². The van der Waals surface area contributed by atoms with E-state index in [2.05, 4.69) is 14.9 Å². The van der Waals surface area contributed by atoms with Crippen molar-refractivity contribution in [3.63, 3.8) is 0 Å². The van der Waals surface area contributed by atoms with Crippen molar-refractivity contribution < 1.29 is 19.7 Å². The topological polar surface area (TPSA) is 91.2 Å². The third-order valence-electron chi connectivity index (χ3n) is 4.34. The largest absolute Gasteiger partial charge is 0.389 e. The van der Waals surface area contributed by atoms with E-state index in [1.54, 1.807) is 6.20 Å². The maximum Gasteiger partial charge on any atom is 0.225 e. The summed E-state index contributed by atoms with van der Waals surface area (Å²) in [5.74, 6) is 0.708. The van der Waals surface area contributed by atoms with Gasteiger partial charge in [0.05, 0.1) is 44.3 Å². The Morgan fingerprint density at radius 1 is 1.26 bits per heavy atom. The van der Waals surface area contributed by atoms with Gasteiger partial charge in [0.25, 0.3) is 0 Å². The number of morpholine rings is 1. The van der Waals surface area contributed by atoms with Crippen molar-refractivity contribution in [2.45, 2.75) is 24.8 Å². The van der Waals surface area contributed by atoms with E-state index < -0.39 is 12.2 Å². The predicted octanol–water partition coefficient (Wildman–Crippen LogP) is -1.13. The lowest BCUT2D eigenvalue weighted by atomic mass is 10.0. The molecular formula is C15H24N4O4. The molecule has 3 atom stereocenters. The highest BCUT2D eigenvalue weighted by Gasteiger charge is 2.34. The minimum Gasteiger partial charge on any atom is -0.389 e. The molecule has 2 N–H and O–H groups in total. The second kappa shape index (κ2) is 7.50.